The molecule has 0 fully saturated rings. The van der Waals surface area contributed by atoms with E-state index in [4.69, 9.17) is 0 Å². The Labute approximate surface area is 574 Å². The van der Waals surface area contributed by atoms with Gasteiger partial charge in [-0.3, -0.25) is 0 Å². The molecule has 0 aliphatic carbocycles. The first-order valence-electron chi connectivity index (χ1n) is 34.5. The van der Waals surface area contributed by atoms with Crippen LogP contribution in [0.2, 0.25) is 0 Å². The normalized spacial score (nSPS) is 12.7. The molecule has 15 aromatic carbocycles. The quantitative estimate of drug-likeness (QED) is 0.105. The van der Waals surface area contributed by atoms with Crippen LogP contribution in [0.3, 0.4) is 0 Å². The Bertz CT molecular complexity index is 5690. The number of benzene rings is 15. The molecule has 0 spiro atoms. The zero-order chi connectivity index (χ0) is 66.0. The summed E-state index contributed by atoms with van der Waals surface area (Å²) >= 11 is 0. The number of aromatic nitrogens is 1. The molecule has 0 radical (unpaired) electrons. The van der Waals surface area contributed by atoms with Crippen LogP contribution in [0, 0.1) is 0 Å². The van der Waals surface area contributed by atoms with Crippen LogP contribution in [-0.4, -0.2) is 11.3 Å². The highest BCUT2D eigenvalue weighted by atomic mass is 15.2. The molecule has 3 heterocycles. The zero-order valence-corrected chi connectivity index (χ0v) is 56.1. The van der Waals surface area contributed by atoms with E-state index in [1.165, 1.54) is 98.7 Å². The number of hydrogen-bond acceptors (Lipinski definition) is 2. The van der Waals surface area contributed by atoms with E-state index in [2.05, 4.69) is 383 Å². The lowest BCUT2D eigenvalue weighted by molar-refractivity contribution is 0.590. The third-order valence-corrected chi connectivity index (χ3v) is 20.8. The molecule has 2 aliphatic rings. The zero-order valence-electron chi connectivity index (χ0n) is 56.1. The second kappa shape index (κ2) is 23.0. The van der Waals surface area contributed by atoms with Crippen molar-refractivity contribution in [2.75, 3.05) is 9.80 Å². The van der Waals surface area contributed by atoms with Crippen molar-refractivity contribution in [3.8, 4) is 72.4 Å². The largest absolute Gasteiger partial charge is 0.310 e. The van der Waals surface area contributed by atoms with Gasteiger partial charge in [-0.25, -0.2) is 0 Å². The van der Waals surface area contributed by atoms with Gasteiger partial charge in [0.25, 0.3) is 6.71 Å². The Morgan fingerprint density at radius 1 is 0.255 bits per heavy atom. The Morgan fingerprint density at radius 3 is 1.17 bits per heavy atom. The molecule has 1 aromatic heterocycles. The Morgan fingerprint density at radius 2 is 0.663 bits per heavy atom. The van der Waals surface area contributed by atoms with E-state index in [9.17, 15) is 0 Å². The maximum Gasteiger partial charge on any atom is 0.252 e. The van der Waals surface area contributed by atoms with Gasteiger partial charge in [0.05, 0.1) is 22.4 Å². The van der Waals surface area contributed by atoms with Crippen LogP contribution in [0.5, 0.6) is 0 Å². The standard InChI is InChI=1S/C94H72BN3/c1-93(2,3)68-50-48-61(49-51-68)67-54-87-90-88(55-67)98(92-76-45-25-23-41-72(76)71-40-22-24-44-75(71)89(92)66-38-20-11-21-39-66)86-60-78(63-32-14-8-15-33-63)77(62-30-12-7-13-31-62)59-82(86)95(90)81-58-70(96-83-46-28-26-42-73(83)74-43-27-29-47-84(74)96)52-53-85(81)97(87)91-79(64-34-16-9-17-35-64)56-69(94(4,5)6)57-80(91)65-36-18-10-19-37-65/h7-60H,1-6H3. The van der Waals surface area contributed by atoms with Crippen LogP contribution >= 0.6 is 0 Å². The maximum atomic E-state index is 2.73. The molecular weight excluding hydrogens is 1180 g/mol. The van der Waals surface area contributed by atoms with Crippen molar-refractivity contribution in [1.82, 2.24) is 4.57 Å². The highest BCUT2D eigenvalue weighted by Crippen LogP contribution is 2.56. The molecule has 3 nitrogen and oxygen atoms in total. The van der Waals surface area contributed by atoms with E-state index in [1.54, 1.807) is 0 Å². The summed E-state index contributed by atoms with van der Waals surface area (Å²) in [4.78, 5) is 5.44. The van der Waals surface area contributed by atoms with Crippen molar-refractivity contribution in [3.63, 3.8) is 0 Å². The van der Waals surface area contributed by atoms with Crippen molar-refractivity contribution in [1.29, 1.82) is 0 Å². The van der Waals surface area contributed by atoms with Gasteiger partial charge in [-0.05, 0) is 165 Å². The van der Waals surface area contributed by atoms with Gasteiger partial charge >= 0.3 is 0 Å². The molecule has 0 saturated heterocycles. The SMILES string of the molecule is CC(C)(C)c1ccc(-c2cc3c4c(c2)N(c2c(-c5ccccc5)c5ccccc5c5ccccc25)c2cc(-c5ccccc5)c(-c5ccccc5)cc2B4c2cc(-n4c5ccccc5c5ccccc54)ccc2N3c2c(-c3ccccc3)cc(C(C)(C)C)cc2-c2ccccc2)cc1. The van der Waals surface area contributed by atoms with Crippen LogP contribution in [0.1, 0.15) is 52.7 Å². The predicted octanol–water partition coefficient (Wildman–Crippen LogP) is 23.8. The summed E-state index contributed by atoms with van der Waals surface area (Å²) in [6.07, 6.45) is 0. The van der Waals surface area contributed by atoms with Gasteiger partial charge in [0, 0.05) is 61.3 Å². The lowest BCUT2D eigenvalue weighted by Crippen LogP contribution is -2.61. The second-order valence-electron chi connectivity index (χ2n) is 28.7. The molecule has 0 amide bonds. The van der Waals surface area contributed by atoms with Crippen molar-refractivity contribution in [2.24, 2.45) is 0 Å². The number of nitrogens with zero attached hydrogens (tertiary/aromatic N) is 3. The first-order chi connectivity index (χ1) is 47.9. The molecule has 0 N–H and O–H groups in total. The van der Waals surface area contributed by atoms with Crippen molar-refractivity contribution < 1.29 is 0 Å². The van der Waals surface area contributed by atoms with Crippen molar-refractivity contribution in [2.45, 2.75) is 52.4 Å². The number of anilines is 6. The van der Waals surface area contributed by atoms with Crippen LogP contribution in [0.25, 0.3) is 116 Å². The molecule has 16 aromatic rings. The summed E-state index contributed by atoms with van der Waals surface area (Å²) in [5, 5.41) is 7.26. The first kappa shape index (κ1) is 58.8. The molecule has 18 rings (SSSR count). The lowest BCUT2D eigenvalue weighted by Gasteiger charge is -2.46. The summed E-state index contributed by atoms with van der Waals surface area (Å²) in [5.74, 6) is 0. The molecule has 2 aliphatic heterocycles. The minimum Gasteiger partial charge on any atom is -0.310 e. The lowest BCUT2D eigenvalue weighted by atomic mass is 9.33. The number of hydrogen-bond donors (Lipinski definition) is 0. The third kappa shape index (κ3) is 9.56. The van der Waals surface area contributed by atoms with Crippen LogP contribution in [0.4, 0.5) is 34.1 Å². The van der Waals surface area contributed by atoms with Gasteiger partial charge in [-0.15, -0.1) is 0 Å². The maximum absolute atomic E-state index is 2.73. The van der Waals surface area contributed by atoms with Crippen LogP contribution in [0.15, 0.2) is 328 Å². The first-order valence-corrected chi connectivity index (χ1v) is 34.5. The minimum absolute atomic E-state index is 0.0480. The van der Waals surface area contributed by atoms with E-state index in [-0.39, 0.29) is 17.5 Å². The van der Waals surface area contributed by atoms with Crippen molar-refractivity contribution in [3.05, 3.63) is 339 Å². The molecule has 98 heavy (non-hydrogen) atoms. The van der Waals surface area contributed by atoms with Gasteiger partial charge in [-0.1, -0.05) is 308 Å². The Hall–Kier alpha value is -11.7. The molecule has 466 valence electrons. The predicted molar refractivity (Wildman–Crippen MR) is 420 cm³/mol. The van der Waals surface area contributed by atoms with Gasteiger partial charge < -0.3 is 14.4 Å². The van der Waals surface area contributed by atoms with Gasteiger partial charge in [0.15, 0.2) is 0 Å². The van der Waals surface area contributed by atoms with Gasteiger partial charge in [0.2, 0.25) is 0 Å². The van der Waals surface area contributed by atoms with E-state index in [0.29, 0.717) is 0 Å². The fourth-order valence-electron chi connectivity index (χ4n) is 16.1. The molecule has 0 bridgehead atoms. The summed E-state index contributed by atoms with van der Waals surface area (Å²) in [6.45, 7) is 13.7. The Kier molecular flexibility index (Phi) is 13.8. The number of fused-ring (bicyclic) bond motifs is 10. The second-order valence-corrected chi connectivity index (χ2v) is 28.7. The molecule has 4 heteroatoms. The average Bonchev–Trinajstić information content (AvgIpc) is 0.735. The van der Waals surface area contributed by atoms with E-state index in [0.717, 1.165) is 78.8 Å². The molecule has 0 atom stereocenters. The summed E-state index contributed by atoms with van der Waals surface area (Å²) in [5.41, 5.74) is 30.2. The number of para-hydroxylation sites is 2. The summed E-state index contributed by atoms with van der Waals surface area (Å²) < 4.78 is 2.51. The average molecular weight is 1250 g/mol. The van der Waals surface area contributed by atoms with Crippen LogP contribution < -0.4 is 26.2 Å². The van der Waals surface area contributed by atoms with Crippen LogP contribution in [-0.2, 0) is 10.8 Å². The topological polar surface area (TPSA) is 11.4 Å². The van der Waals surface area contributed by atoms with E-state index in [1.807, 2.05) is 0 Å². The third-order valence-electron chi connectivity index (χ3n) is 20.8. The highest BCUT2D eigenvalue weighted by molar-refractivity contribution is 7.00. The van der Waals surface area contributed by atoms with E-state index >= 15 is 0 Å². The smallest absolute Gasteiger partial charge is 0.252 e. The summed E-state index contributed by atoms with van der Waals surface area (Å²) in [7, 11) is 0. The summed E-state index contributed by atoms with van der Waals surface area (Å²) in [6, 6.07) is 124. The Balaban J connectivity index is 1.07. The number of rotatable bonds is 9. The molecule has 0 unspecified atom stereocenters. The monoisotopic (exact) mass is 1250 g/mol. The highest BCUT2D eigenvalue weighted by Gasteiger charge is 2.46. The fraction of sp³-hybridized carbons (Fsp3) is 0.0851. The molecule has 0 saturated carbocycles. The fourth-order valence-corrected chi connectivity index (χ4v) is 16.1. The minimum atomic E-state index is -0.295. The molecular formula is C94H72BN3. The van der Waals surface area contributed by atoms with Gasteiger partial charge in [-0.2, -0.15) is 0 Å². The van der Waals surface area contributed by atoms with Crippen molar-refractivity contribution >= 4 is 101 Å². The van der Waals surface area contributed by atoms with Gasteiger partial charge in [0.1, 0.15) is 0 Å². The van der Waals surface area contributed by atoms with E-state index < -0.39 is 0 Å².